The monoisotopic (exact) mass is 328 g/mol. The Hall–Kier alpha value is -0.980. The van der Waals surface area contributed by atoms with Crippen molar-refractivity contribution in [2.75, 3.05) is 7.11 Å². The van der Waals surface area contributed by atoms with Crippen molar-refractivity contribution in [1.29, 1.82) is 0 Å². The van der Waals surface area contributed by atoms with Crippen molar-refractivity contribution in [3.05, 3.63) is 27.1 Å². The molecule has 0 bridgehead atoms. The molecule has 1 aromatic heterocycles. The number of rotatable bonds is 1. The lowest BCUT2D eigenvalue weighted by molar-refractivity contribution is -0.911. The zero-order chi connectivity index (χ0) is 11.1. The van der Waals surface area contributed by atoms with Gasteiger partial charge in [0.15, 0.2) is 7.11 Å². The second-order valence-electron chi connectivity index (χ2n) is 3.90. The molecule has 16 heavy (non-hydrogen) atoms. The van der Waals surface area contributed by atoms with Gasteiger partial charge in [-0.05, 0) is 36.5 Å². The van der Waals surface area contributed by atoms with Crippen molar-refractivity contribution in [2.45, 2.75) is 19.3 Å². The summed E-state index contributed by atoms with van der Waals surface area (Å²) in [7, 11) is 1.62. The minimum absolute atomic E-state index is 0.699. The van der Waals surface area contributed by atoms with Crippen LogP contribution in [0.2, 0.25) is 0 Å². The van der Waals surface area contributed by atoms with Gasteiger partial charge in [-0.15, -0.1) is 0 Å². The van der Waals surface area contributed by atoms with Crippen molar-refractivity contribution in [3.8, 4) is 0 Å². The van der Waals surface area contributed by atoms with E-state index in [9.17, 15) is 0 Å². The van der Waals surface area contributed by atoms with Crippen molar-refractivity contribution >= 4 is 33.6 Å². The molecule has 0 saturated carbocycles. The standard InChI is InChI=1S/C11H11IN3O/c1-16-15-10-6-8-4-2-3-7(8)5-9(10)13-11(12)14-15/h5-6H,2-4H2,1H3/q+1. The summed E-state index contributed by atoms with van der Waals surface area (Å²) in [5.41, 5.74) is 4.73. The quantitative estimate of drug-likeness (QED) is 0.581. The largest absolute Gasteiger partial charge is 0.315 e. The van der Waals surface area contributed by atoms with Crippen molar-refractivity contribution in [3.63, 3.8) is 0 Å². The highest BCUT2D eigenvalue weighted by Gasteiger charge is 2.20. The fraction of sp³-hybridized carbons (Fsp3) is 0.364. The topological polar surface area (TPSA) is 38.9 Å². The van der Waals surface area contributed by atoms with Gasteiger partial charge in [0.1, 0.15) is 10.4 Å². The predicted molar refractivity (Wildman–Crippen MR) is 67.0 cm³/mol. The average molecular weight is 328 g/mol. The van der Waals surface area contributed by atoms with Crippen LogP contribution in [0.1, 0.15) is 17.5 Å². The molecule has 1 heterocycles. The van der Waals surface area contributed by atoms with Crippen LogP contribution < -0.4 is 9.68 Å². The number of benzene rings is 1. The number of halogens is 1. The van der Waals surface area contributed by atoms with E-state index in [-0.39, 0.29) is 0 Å². The molecule has 0 saturated heterocycles. The highest BCUT2D eigenvalue weighted by Crippen LogP contribution is 2.24. The molecule has 82 valence electrons. The second kappa shape index (κ2) is 3.80. The predicted octanol–water partition coefficient (Wildman–Crippen LogP) is 1.07. The highest BCUT2D eigenvalue weighted by atomic mass is 127. The Morgan fingerprint density at radius 2 is 2.06 bits per heavy atom. The van der Waals surface area contributed by atoms with Crippen LogP contribution in [0.3, 0.4) is 0 Å². The van der Waals surface area contributed by atoms with E-state index < -0.39 is 0 Å². The van der Waals surface area contributed by atoms with Crippen molar-refractivity contribution < 1.29 is 9.68 Å². The van der Waals surface area contributed by atoms with Crippen LogP contribution in [0.25, 0.3) is 11.0 Å². The molecule has 2 aromatic rings. The first kappa shape index (κ1) is 10.2. The molecule has 0 fully saturated rings. The van der Waals surface area contributed by atoms with Gasteiger partial charge in [-0.1, -0.05) is 0 Å². The molecule has 0 aliphatic heterocycles. The lowest BCUT2D eigenvalue weighted by Crippen LogP contribution is -2.46. The van der Waals surface area contributed by atoms with Gasteiger partial charge in [0, 0.05) is 28.7 Å². The normalized spacial score (nSPS) is 14.1. The molecule has 0 N–H and O–H groups in total. The molecule has 0 atom stereocenters. The summed E-state index contributed by atoms with van der Waals surface area (Å²) >= 11 is 2.10. The summed E-state index contributed by atoms with van der Waals surface area (Å²) < 4.78 is 0.699. The third-order valence-corrected chi connectivity index (χ3v) is 3.41. The minimum Gasteiger partial charge on any atom is -0.248 e. The Morgan fingerprint density at radius 1 is 1.31 bits per heavy atom. The number of aromatic nitrogens is 3. The van der Waals surface area contributed by atoms with Crippen LogP contribution >= 0.6 is 22.6 Å². The Kier molecular flexibility index (Phi) is 2.42. The zero-order valence-corrected chi connectivity index (χ0v) is 11.1. The summed E-state index contributed by atoms with van der Waals surface area (Å²) in [5.74, 6) is 0. The number of nitrogens with zero attached hydrogens (tertiary/aromatic N) is 3. The number of hydrogen-bond donors (Lipinski definition) is 0. The van der Waals surface area contributed by atoms with Crippen LogP contribution in [-0.2, 0) is 12.8 Å². The van der Waals surface area contributed by atoms with Crippen LogP contribution in [0, 0.1) is 3.83 Å². The van der Waals surface area contributed by atoms with E-state index in [1.54, 1.807) is 12.0 Å². The Balaban J connectivity index is 2.34. The molecule has 1 aromatic carbocycles. The average Bonchev–Trinajstić information content (AvgIpc) is 2.72. The van der Waals surface area contributed by atoms with E-state index in [1.807, 2.05) is 0 Å². The maximum atomic E-state index is 5.23. The Bertz CT molecular complexity index is 571. The van der Waals surface area contributed by atoms with Gasteiger partial charge in [0.05, 0.1) is 5.10 Å². The summed E-state index contributed by atoms with van der Waals surface area (Å²) in [6, 6.07) is 4.31. The van der Waals surface area contributed by atoms with E-state index in [2.05, 4.69) is 44.8 Å². The summed E-state index contributed by atoms with van der Waals surface area (Å²) in [6.45, 7) is 0. The molecule has 0 spiro atoms. The maximum Gasteiger partial charge on any atom is 0.315 e. The highest BCUT2D eigenvalue weighted by molar-refractivity contribution is 14.1. The fourth-order valence-corrected chi connectivity index (χ4v) is 2.69. The molecule has 5 heteroatoms. The molecular weight excluding hydrogens is 317 g/mol. The molecule has 0 radical (unpaired) electrons. The second-order valence-corrected chi connectivity index (χ2v) is 4.86. The SMILES string of the molecule is CO[n+]1nc(I)nc2cc3c(cc21)CCC3. The first-order chi connectivity index (χ1) is 7.78. The third-order valence-electron chi connectivity index (χ3n) is 2.95. The number of aryl methyl sites for hydroxylation is 2. The molecule has 3 rings (SSSR count). The minimum atomic E-state index is 0.699. The van der Waals surface area contributed by atoms with Gasteiger partial charge >= 0.3 is 5.52 Å². The molecule has 0 unspecified atom stereocenters. The fourth-order valence-electron chi connectivity index (χ4n) is 2.23. The summed E-state index contributed by atoms with van der Waals surface area (Å²) in [5, 5.41) is 4.22. The van der Waals surface area contributed by atoms with Crippen molar-refractivity contribution in [2.24, 2.45) is 0 Å². The third kappa shape index (κ3) is 1.53. The zero-order valence-electron chi connectivity index (χ0n) is 8.90. The van der Waals surface area contributed by atoms with E-state index in [0.717, 1.165) is 17.5 Å². The van der Waals surface area contributed by atoms with E-state index >= 15 is 0 Å². The van der Waals surface area contributed by atoms with Crippen molar-refractivity contribution in [1.82, 2.24) is 10.1 Å². The van der Waals surface area contributed by atoms with Crippen LogP contribution in [0.5, 0.6) is 0 Å². The lowest BCUT2D eigenvalue weighted by atomic mass is 10.1. The summed E-state index contributed by atoms with van der Waals surface area (Å²) in [4.78, 5) is 11.2. The van der Waals surface area contributed by atoms with Gasteiger partial charge < -0.3 is 0 Å². The van der Waals surface area contributed by atoms with Crippen LogP contribution in [0.4, 0.5) is 0 Å². The van der Waals surface area contributed by atoms with Gasteiger partial charge in [0.2, 0.25) is 0 Å². The molecular formula is C11H11IN3O+. The van der Waals surface area contributed by atoms with Crippen LogP contribution in [-0.4, -0.2) is 17.2 Å². The van der Waals surface area contributed by atoms with E-state index in [4.69, 9.17) is 4.84 Å². The first-order valence-corrected chi connectivity index (χ1v) is 6.31. The smallest absolute Gasteiger partial charge is 0.248 e. The molecule has 1 aliphatic rings. The van der Waals surface area contributed by atoms with Gasteiger partial charge in [-0.3, -0.25) is 0 Å². The summed E-state index contributed by atoms with van der Waals surface area (Å²) in [6.07, 6.45) is 3.56. The van der Waals surface area contributed by atoms with E-state index in [1.165, 1.54) is 24.0 Å². The van der Waals surface area contributed by atoms with Gasteiger partial charge in [0.25, 0.3) is 3.83 Å². The van der Waals surface area contributed by atoms with Crippen LogP contribution in [0.15, 0.2) is 12.1 Å². The lowest BCUT2D eigenvalue weighted by Gasteiger charge is -2.00. The molecule has 4 nitrogen and oxygen atoms in total. The molecule has 1 aliphatic carbocycles. The van der Waals surface area contributed by atoms with Gasteiger partial charge in [-0.2, -0.15) is 0 Å². The van der Waals surface area contributed by atoms with Gasteiger partial charge in [-0.25, -0.2) is 9.82 Å². The Labute approximate surface area is 107 Å². The number of fused-ring (bicyclic) bond motifs is 2. The first-order valence-electron chi connectivity index (χ1n) is 5.24. The van der Waals surface area contributed by atoms with E-state index in [0.29, 0.717) is 3.83 Å². The molecule has 0 amide bonds. The Morgan fingerprint density at radius 3 is 2.81 bits per heavy atom. The maximum absolute atomic E-state index is 5.23. The number of hydrogen-bond acceptors (Lipinski definition) is 3.